The minimum absolute atomic E-state index is 0.0361. The lowest BCUT2D eigenvalue weighted by Gasteiger charge is -2.42. The molecule has 1 saturated carbocycles. The number of carbonyl (C=O) groups excluding carboxylic acids is 1. The summed E-state index contributed by atoms with van der Waals surface area (Å²) in [6, 6.07) is 0.895. The fourth-order valence-corrected chi connectivity index (χ4v) is 4.69. The molecule has 0 bridgehead atoms. The lowest BCUT2D eigenvalue weighted by molar-refractivity contribution is -0.139. The van der Waals surface area contributed by atoms with Crippen LogP contribution in [0, 0.1) is 5.92 Å². The van der Waals surface area contributed by atoms with E-state index in [1.165, 1.54) is 0 Å². The molecule has 0 aromatic heterocycles. The number of nitrogens with one attached hydrogen (secondary N) is 1. The van der Waals surface area contributed by atoms with Gasteiger partial charge in [0.25, 0.3) is 0 Å². The second-order valence-electron chi connectivity index (χ2n) is 8.02. The van der Waals surface area contributed by atoms with Crippen LogP contribution >= 0.6 is 0 Å². The van der Waals surface area contributed by atoms with Crippen molar-refractivity contribution in [2.45, 2.75) is 51.2 Å². The maximum Gasteiger partial charge on any atom is 0.317 e. The minimum atomic E-state index is -0.791. The average Bonchev–Trinajstić information content (AvgIpc) is 3.07. The summed E-state index contributed by atoms with van der Waals surface area (Å²) in [4.78, 5) is 30.1. The van der Waals surface area contributed by atoms with Gasteiger partial charge in [-0.2, -0.15) is 0 Å². The zero-order valence-electron chi connectivity index (χ0n) is 16.6. The van der Waals surface area contributed by atoms with Gasteiger partial charge in [-0.3, -0.25) is 14.6 Å². The standard InChI is InChI=1S/C19H34N4O4/c1-3-14-11-23(12-17(14)22-5-7-27-8-6-22)19(26)20-15-9-16(10-15)21(4-2)13-18(24)25/h14-17H,3-13H2,1-2H3,(H,20,26)(H,24,25). The molecule has 2 N–H and O–H groups in total. The van der Waals surface area contributed by atoms with Crippen molar-refractivity contribution in [1.82, 2.24) is 20.0 Å². The Kier molecular flexibility index (Phi) is 6.94. The molecule has 0 radical (unpaired) electrons. The van der Waals surface area contributed by atoms with Crippen LogP contribution in [0.25, 0.3) is 0 Å². The number of rotatable bonds is 7. The number of urea groups is 1. The largest absolute Gasteiger partial charge is 0.480 e. The highest BCUT2D eigenvalue weighted by Gasteiger charge is 2.40. The Balaban J connectivity index is 1.45. The molecule has 8 nitrogen and oxygen atoms in total. The van der Waals surface area contributed by atoms with E-state index >= 15 is 0 Å². The van der Waals surface area contributed by atoms with E-state index < -0.39 is 5.97 Å². The highest BCUT2D eigenvalue weighted by atomic mass is 16.5. The topological polar surface area (TPSA) is 85.4 Å². The zero-order chi connectivity index (χ0) is 19.4. The molecular formula is C19H34N4O4. The fourth-order valence-electron chi connectivity index (χ4n) is 4.69. The molecule has 2 atom stereocenters. The number of carboxylic acid groups (broad SMARTS) is 1. The van der Waals surface area contributed by atoms with Crippen LogP contribution in [0.2, 0.25) is 0 Å². The Labute approximate surface area is 161 Å². The highest BCUT2D eigenvalue weighted by Crippen LogP contribution is 2.28. The molecule has 154 valence electrons. The molecule has 1 aliphatic carbocycles. The van der Waals surface area contributed by atoms with Crippen LogP contribution in [0.4, 0.5) is 4.79 Å². The van der Waals surface area contributed by atoms with E-state index in [4.69, 9.17) is 9.84 Å². The molecule has 2 unspecified atom stereocenters. The summed E-state index contributed by atoms with van der Waals surface area (Å²) in [5.74, 6) is -0.268. The van der Waals surface area contributed by atoms with E-state index in [1.54, 1.807) is 0 Å². The summed E-state index contributed by atoms with van der Waals surface area (Å²) < 4.78 is 5.46. The number of carbonyl (C=O) groups is 2. The summed E-state index contributed by atoms with van der Waals surface area (Å²) in [5, 5.41) is 12.1. The molecule has 3 aliphatic rings. The first-order chi connectivity index (χ1) is 13.0. The molecule has 2 saturated heterocycles. The molecule has 3 fully saturated rings. The van der Waals surface area contributed by atoms with E-state index in [1.807, 2.05) is 16.7 Å². The third-order valence-corrected chi connectivity index (χ3v) is 6.43. The molecule has 8 heteroatoms. The van der Waals surface area contributed by atoms with Gasteiger partial charge >= 0.3 is 12.0 Å². The molecule has 0 aromatic carbocycles. The Morgan fingerprint density at radius 3 is 2.48 bits per heavy atom. The third-order valence-electron chi connectivity index (χ3n) is 6.43. The Hall–Kier alpha value is -1.38. The molecule has 0 aromatic rings. The number of nitrogens with zero attached hydrogens (tertiary/aromatic N) is 3. The van der Waals surface area contributed by atoms with E-state index in [9.17, 15) is 9.59 Å². The summed E-state index contributed by atoms with van der Waals surface area (Å²) in [7, 11) is 0. The quantitative estimate of drug-likeness (QED) is 0.673. The molecule has 2 amide bonds. The van der Waals surface area contributed by atoms with Crippen molar-refractivity contribution in [2.24, 2.45) is 5.92 Å². The van der Waals surface area contributed by atoms with Gasteiger partial charge in [-0.1, -0.05) is 20.3 Å². The van der Waals surface area contributed by atoms with Crippen LogP contribution in [-0.2, 0) is 9.53 Å². The van der Waals surface area contributed by atoms with Crippen LogP contribution in [0.3, 0.4) is 0 Å². The number of aliphatic carboxylic acids is 1. The van der Waals surface area contributed by atoms with Crippen LogP contribution in [-0.4, -0.2) is 102 Å². The highest BCUT2D eigenvalue weighted by molar-refractivity contribution is 5.75. The number of carboxylic acids is 1. The average molecular weight is 383 g/mol. The van der Waals surface area contributed by atoms with Crippen molar-refractivity contribution in [3.05, 3.63) is 0 Å². The lowest BCUT2D eigenvalue weighted by Crippen LogP contribution is -2.56. The predicted molar refractivity (Wildman–Crippen MR) is 102 cm³/mol. The smallest absolute Gasteiger partial charge is 0.317 e. The van der Waals surface area contributed by atoms with E-state index in [0.29, 0.717) is 12.0 Å². The summed E-state index contributed by atoms with van der Waals surface area (Å²) >= 11 is 0. The number of likely N-dealkylation sites (tertiary alicyclic amines) is 1. The van der Waals surface area contributed by atoms with Crippen LogP contribution in [0.1, 0.15) is 33.1 Å². The fraction of sp³-hybridized carbons (Fsp3) is 0.895. The first-order valence-corrected chi connectivity index (χ1v) is 10.3. The molecule has 27 heavy (non-hydrogen) atoms. The SMILES string of the molecule is CCC1CN(C(=O)NC2CC(N(CC)CC(=O)O)C2)CC1N1CCOCC1. The number of morpholine rings is 1. The maximum absolute atomic E-state index is 12.7. The van der Waals surface area contributed by atoms with E-state index in [-0.39, 0.29) is 24.7 Å². The number of likely N-dealkylation sites (N-methyl/N-ethyl adjacent to an activating group) is 1. The van der Waals surface area contributed by atoms with Gasteiger partial charge in [-0.05, 0) is 25.3 Å². The maximum atomic E-state index is 12.7. The first kappa shape index (κ1) is 20.4. The normalized spacial score (nSPS) is 31.7. The van der Waals surface area contributed by atoms with Crippen LogP contribution < -0.4 is 5.32 Å². The summed E-state index contributed by atoms with van der Waals surface area (Å²) in [5.41, 5.74) is 0. The van der Waals surface area contributed by atoms with Crippen molar-refractivity contribution in [3.63, 3.8) is 0 Å². The number of hydrogen-bond donors (Lipinski definition) is 2. The van der Waals surface area contributed by atoms with Gasteiger partial charge in [0.05, 0.1) is 19.8 Å². The van der Waals surface area contributed by atoms with Crippen molar-refractivity contribution in [3.8, 4) is 0 Å². The van der Waals surface area contributed by atoms with Gasteiger partial charge in [0, 0.05) is 44.3 Å². The number of hydrogen-bond acceptors (Lipinski definition) is 5. The van der Waals surface area contributed by atoms with Crippen LogP contribution in [0.5, 0.6) is 0 Å². The van der Waals surface area contributed by atoms with Crippen molar-refractivity contribution in [1.29, 1.82) is 0 Å². The van der Waals surface area contributed by atoms with Gasteiger partial charge in [0.15, 0.2) is 0 Å². The monoisotopic (exact) mass is 382 g/mol. The molecular weight excluding hydrogens is 348 g/mol. The Morgan fingerprint density at radius 2 is 1.89 bits per heavy atom. The molecule has 0 spiro atoms. The summed E-state index contributed by atoms with van der Waals surface area (Å²) in [6.45, 7) is 10.1. The molecule has 2 aliphatic heterocycles. The Morgan fingerprint density at radius 1 is 1.19 bits per heavy atom. The molecule has 2 heterocycles. The predicted octanol–water partition coefficient (Wildman–Crippen LogP) is 0.676. The molecule has 3 rings (SSSR count). The van der Waals surface area contributed by atoms with Crippen molar-refractivity contribution in [2.75, 3.05) is 52.5 Å². The minimum Gasteiger partial charge on any atom is -0.480 e. The van der Waals surface area contributed by atoms with E-state index in [2.05, 4.69) is 17.1 Å². The van der Waals surface area contributed by atoms with Gasteiger partial charge in [0.2, 0.25) is 0 Å². The van der Waals surface area contributed by atoms with Gasteiger partial charge < -0.3 is 20.1 Å². The van der Waals surface area contributed by atoms with Gasteiger partial charge in [-0.15, -0.1) is 0 Å². The number of amides is 2. The van der Waals surface area contributed by atoms with E-state index in [0.717, 1.165) is 65.2 Å². The first-order valence-electron chi connectivity index (χ1n) is 10.3. The van der Waals surface area contributed by atoms with Gasteiger partial charge in [0.1, 0.15) is 0 Å². The summed E-state index contributed by atoms with van der Waals surface area (Å²) in [6.07, 6.45) is 2.76. The van der Waals surface area contributed by atoms with Crippen molar-refractivity contribution >= 4 is 12.0 Å². The number of ether oxygens (including phenoxy) is 1. The Bertz CT molecular complexity index is 520. The second kappa shape index (κ2) is 9.21. The van der Waals surface area contributed by atoms with Gasteiger partial charge in [-0.25, -0.2) is 4.79 Å². The zero-order valence-corrected chi connectivity index (χ0v) is 16.6. The van der Waals surface area contributed by atoms with Crippen LogP contribution in [0.15, 0.2) is 0 Å². The third kappa shape index (κ3) is 4.92. The lowest BCUT2D eigenvalue weighted by atomic mass is 9.85. The second-order valence-corrected chi connectivity index (χ2v) is 8.02. The van der Waals surface area contributed by atoms with Crippen molar-refractivity contribution < 1.29 is 19.4 Å².